The van der Waals surface area contributed by atoms with Crippen LogP contribution in [0.4, 0.5) is 75.0 Å². The van der Waals surface area contributed by atoms with Gasteiger partial charge in [-0.25, -0.2) is 37.5 Å². The summed E-state index contributed by atoms with van der Waals surface area (Å²) in [7, 11) is 15.2. The van der Waals surface area contributed by atoms with Crippen molar-refractivity contribution in [3.8, 4) is 44.5 Å². The Morgan fingerprint density at radius 3 is 0.985 bits per heavy atom. The van der Waals surface area contributed by atoms with Crippen LogP contribution in [0, 0.1) is 0 Å². The Kier molecular flexibility index (Phi) is 26.3. The van der Waals surface area contributed by atoms with Crippen molar-refractivity contribution in [3.05, 3.63) is 254 Å². The molecule has 0 bridgehead atoms. The summed E-state index contributed by atoms with van der Waals surface area (Å²) < 4.78 is 54.0. The van der Waals surface area contributed by atoms with E-state index in [-0.39, 0.29) is 60.8 Å². The van der Waals surface area contributed by atoms with Crippen molar-refractivity contribution in [1.29, 1.82) is 0 Å². The Bertz CT molecular complexity index is 6770. The van der Waals surface area contributed by atoms with Crippen molar-refractivity contribution in [2.75, 3.05) is 147 Å². The molecule has 3 fully saturated rings. The number of nitrogen functional groups attached to an aromatic ring is 1. The fourth-order valence-electron chi connectivity index (χ4n) is 15.4. The molecular weight excluding hydrogens is 1670 g/mol. The minimum absolute atomic E-state index is 0.113. The maximum Gasteiger partial charge on any atom is 0.276 e. The number of H-pyrrole nitrogens is 4. The highest BCUT2D eigenvalue weighted by Crippen LogP contribution is 2.36. The SMILES string of the molecule is CN(C)c1ccc(NC(=O)c2n[nH]c3ccc(-c4cncc(CN5CCC(F)(F)C5)c4)cc23)cn1.CN(C)c1ccc(NC(=O)c2n[nH]c3ccc(-c4cncc(CN5CCC(F)(F)CC5)c4)cc23)cn1.CN(C)c1ccc(NC(=O)c2n[nH]c3ccc(-c4cncc(N)c4)cc23)cn1.CN(C)c1ccc(NC(=O)c2n[nH]c3ccc(-c4cncc(N5CCCC5)c4)cc23)cn1. The molecule has 668 valence electrons. The van der Waals surface area contributed by atoms with E-state index < -0.39 is 11.8 Å². The number of anilines is 10. The zero-order valence-electron chi connectivity index (χ0n) is 73.2. The standard InChI is InChI=1S/C26H27F2N7O.C25H25F2N7O.C24H25N7O.C20H19N7O/c1-34(2)23-6-4-20(15-30-23)31-25(36)24-21-12-18(3-5-22(21)32-33-24)19-11-17(13-29-14-19)16-35-9-7-26(27,28)8-10-35;1-33(2)22-6-4-19(13-29-22)30-24(35)23-20-10-17(3-5-21(20)31-32-23)18-9-16(11-28-12-18)14-34-8-7-25(26,27)15-34;1-30(2)22-8-6-18(14-26-22)27-24(32)23-20-12-16(5-7-21(20)28-29-23)17-11-19(15-25-13-17)31-9-3-4-10-31;1-27(2)18-6-4-15(11-23-18)24-20(28)19-16-8-12(3-5-17(16)25-26-19)13-7-14(21)10-22-9-13/h3-6,11-15H,7-10,16H2,1-2H3,(H,31,36)(H,32,33);3-6,9-13H,7-8,14-15H2,1-2H3,(H,30,35)(H,31,32);5-8,11-15H,3-4,9-10H2,1-2H3,(H,27,32)(H,28,29);3-11H,21H2,1-2H3,(H,24,28)(H,25,26). The first-order valence-corrected chi connectivity index (χ1v) is 42.4. The molecule has 16 aromatic rings. The number of rotatable bonds is 21. The van der Waals surface area contributed by atoms with E-state index in [4.69, 9.17) is 5.73 Å². The van der Waals surface area contributed by atoms with E-state index in [9.17, 15) is 36.7 Å². The van der Waals surface area contributed by atoms with E-state index in [1.54, 1.807) is 85.1 Å². The van der Waals surface area contributed by atoms with Gasteiger partial charge in [0.1, 0.15) is 23.3 Å². The number of benzene rings is 4. The number of aromatic amines is 4. The summed E-state index contributed by atoms with van der Waals surface area (Å²) in [6.07, 6.45) is 22.6. The molecule has 0 saturated carbocycles. The van der Waals surface area contributed by atoms with E-state index in [1.807, 2.05) is 215 Å². The van der Waals surface area contributed by atoms with Gasteiger partial charge in [0.15, 0.2) is 22.8 Å². The smallest absolute Gasteiger partial charge is 0.276 e. The number of nitrogens with one attached hydrogen (secondary N) is 8. The first-order valence-electron chi connectivity index (χ1n) is 42.4. The number of amides is 4. The third kappa shape index (κ3) is 21.6. The van der Waals surface area contributed by atoms with Crippen LogP contribution in [0.1, 0.15) is 85.2 Å². The van der Waals surface area contributed by atoms with Gasteiger partial charge in [0.2, 0.25) is 0 Å². The molecule has 3 aliphatic heterocycles. The summed E-state index contributed by atoms with van der Waals surface area (Å²) in [5.74, 6) is -3.27. The molecule has 15 heterocycles. The van der Waals surface area contributed by atoms with Crippen LogP contribution in [0.15, 0.2) is 220 Å². The fraction of sp³-hybridized carbons (Fsp3) is 0.242. The Labute approximate surface area is 750 Å². The van der Waals surface area contributed by atoms with Gasteiger partial charge < -0.3 is 51.5 Å². The number of halogens is 4. The van der Waals surface area contributed by atoms with E-state index in [0.717, 1.165) is 131 Å². The van der Waals surface area contributed by atoms with Gasteiger partial charge in [-0.2, -0.15) is 20.4 Å². The van der Waals surface area contributed by atoms with E-state index in [1.165, 1.54) is 12.8 Å². The van der Waals surface area contributed by atoms with Gasteiger partial charge >= 0.3 is 0 Å². The molecule has 32 nitrogen and oxygen atoms in total. The highest BCUT2D eigenvalue weighted by atomic mass is 19.3. The van der Waals surface area contributed by atoms with Crippen LogP contribution in [0.25, 0.3) is 88.1 Å². The average Bonchev–Trinajstić information content (AvgIpc) is 1.68. The van der Waals surface area contributed by atoms with Gasteiger partial charge in [0.05, 0.1) is 93.7 Å². The summed E-state index contributed by atoms with van der Waals surface area (Å²) >= 11 is 0. The van der Waals surface area contributed by atoms with E-state index >= 15 is 0 Å². The Hall–Kier alpha value is -15.7. The number of alkyl halides is 4. The van der Waals surface area contributed by atoms with Gasteiger partial charge in [-0.05, 0) is 168 Å². The first-order chi connectivity index (χ1) is 63.1. The van der Waals surface area contributed by atoms with Crippen LogP contribution in [-0.2, 0) is 13.1 Å². The molecule has 10 N–H and O–H groups in total. The minimum Gasteiger partial charge on any atom is -0.397 e. The van der Waals surface area contributed by atoms with Crippen LogP contribution < -0.4 is 51.5 Å². The van der Waals surface area contributed by atoms with Crippen molar-refractivity contribution >= 4 is 125 Å². The molecule has 0 unspecified atom stereocenters. The van der Waals surface area contributed by atoms with Crippen molar-refractivity contribution in [2.24, 2.45) is 0 Å². The molecule has 36 heteroatoms. The highest BCUT2D eigenvalue weighted by molar-refractivity contribution is 6.15. The van der Waals surface area contributed by atoms with Crippen molar-refractivity contribution in [2.45, 2.75) is 57.0 Å². The zero-order valence-corrected chi connectivity index (χ0v) is 73.2. The summed E-state index contributed by atoms with van der Waals surface area (Å²) in [5, 5.41) is 42.8. The summed E-state index contributed by atoms with van der Waals surface area (Å²) in [4.78, 5) is 99.8. The number of likely N-dealkylation sites (tertiary alicyclic amines) is 2. The van der Waals surface area contributed by atoms with Crippen molar-refractivity contribution in [3.63, 3.8) is 0 Å². The molecule has 0 atom stereocenters. The lowest BCUT2D eigenvalue weighted by atomic mass is 10.0. The number of nitrogens with zero attached hydrogens (tertiary/aromatic N) is 19. The van der Waals surface area contributed by atoms with Gasteiger partial charge in [0.25, 0.3) is 35.5 Å². The predicted octanol–water partition coefficient (Wildman–Crippen LogP) is 15.6. The molecule has 4 aromatic carbocycles. The second-order valence-electron chi connectivity index (χ2n) is 33.1. The van der Waals surface area contributed by atoms with Crippen LogP contribution in [0.2, 0.25) is 0 Å². The molecule has 0 spiro atoms. The van der Waals surface area contributed by atoms with Gasteiger partial charge in [-0.15, -0.1) is 0 Å². The maximum atomic E-state index is 13.5. The van der Waals surface area contributed by atoms with Gasteiger partial charge in [-0.3, -0.25) is 69.3 Å². The van der Waals surface area contributed by atoms with E-state index in [2.05, 4.69) is 113 Å². The number of fused-ring (bicyclic) bond motifs is 4. The van der Waals surface area contributed by atoms with E-state index in [0.29, 0.717) is 83.3 Å². The first kappa shape index (κ1) is 88.7. The largest absolute Gasteiger partial charge is 0.397 e. The lowest BCUT2D eigenvalue weighted by Crippen LogP contribution is -2.38. The molecular formula is C95H96F4N28O4. The molecule has 131 heavy (non-hydrogen) atoms. The molecule has 0 radical (unpaired) electrons. The lowest BCUT2D eigenvalue weighted by Gasteiger charge is -2.31. The molecule has 3 aliphatic rings. The topological polar surface area (TPSA) is 383 Å². The number of aromatic nitrogens is 16. The number of nitrogens with two attached hydrogens (primary N) is 1. The Morgan fingerprint density at radius 2 is 0.664 bits per heavy atom. The zero-order chi connectivity index (χ0) is 91.6. The molecule has 19 rings (SSSR count). The highest BCUT2D eigenvalue weighted by Gasteiger charge is 2.38. The quantitative estimate of drug-likeness (QED) is 0.0302. The number of hydrogen-bond acceptors (Lipinski definition) is 24. The molecule has 0 aliphatic carbocycles. The predicted molar refractivity (Wildman–Crippen MR) is 504 cm³/mol. The molecule has 4 amide bonds. The molecule has 12 aromatic heterocycles. The summed E-state index contributed by atoms with van der Waals surface area (Å²) in [6, 6.07) is 45.6. The second-order valence-corrected chi connectivity index (χ2v) is 33.1. The Balaban J connectivity index is 0.000000128. The van der Waals surface area contributed by atoms with Crippen LogP contribution >= 0.6 is 0 Å². The van der Waals surface area contributed by atoms with Crippen LogP contribution in [0.3, 0.4) is 0 Å². The number of carbonyl (C=O) groups excluding carboxylic acids is 4. The number of pyridine rings is 8. The fourth-order valence-corrected chi connectivity index (χ4v) is 15.4. The van der Waals surface area contributed by atoms with Crippen molar-refractivity contribution < 1.29 is 36.7 Å². The summed E-state index contributed by atoms with van der Waals surface area (Å²) in [5.41, 5.74) is 23.2. The number of piperidine rings is 1. The minimum atomic E-state index is -2.63. The van der Waals surface area contributed by atoms with Crippen LogP contribution in [0.5, 0.6) is 0 Å². The third-order valence-corrected chi connectivity index (χ3v) is 22.5. The van der Waals surface area contributed by atoms with Crippen LogP contribution in [-0.4, -0.2) is 222 Å². The maximum absolute atomic E-state index is 13.5. The average molecular weight is 1770 g/mol. The lowest BCUT2D eigenvalue weighted by molar-refractivity contribution is -0.0566. The van der Waals surface area contributed by atoms with Gasteiger partial charge in [0, 0.05) is 209 Å². The number of hydrogen-bond donors (Lipinski definition) is 9. The second kappa shape index (κ2) is 38.9. The third-order valence-electron chi connectivity index (χ3n) is 22.5. The Morgan fingerprint density at radius 1 is 0.351 bits per heavy atom. The normalized spacial score (nSPS) is 14.0. The number of carbonyl (C=O) groups is 4. The summed E-state index contributed by atoms with van der Waals surface area (Å²) in [6.45, 7) is 3.99. The van der Waals surface area contributed by atoms with Crippen molar-refractivity contribution in [1.82, 2.24) is 90.5 Å². The molecule has 3 saturated heterocycles. The van der Waals surface area contributed by atoms with Gasteiger partial charge in [-0.1, -0.05) is 24.3 Å². The monoisotopic (exact) mass is 1770 g/mol.